The molecule has 1 amide bonds. The predicted molar refractivity (Wildman–Crippen MR) is 116 cm³/mol. The highest BCUT2D eigenvalue weighted by Crippen LogP contribution is 2.52. The smallest absolute Gasteiger partial charge is 0.321 e. The van der Waals surface area contributed by atoms with E-state index in [2.05, 4.69) is 27.9 Å². The number of halogens is 1. The Bertz CT molecular complexity index is 872. The van der Waals surface area contributed by atoms with Crippen molar-refractivity contribution in [3.8, 4) is 0 Å². The predicted octanol–water partition coefficient (Wildman–Crippen LogP) is 5.57. The van der Waals surface area contributed by atoms with Crippen molar-refractivity contribution in [2.24, 2.45) is 0 Å². The number of benzene rings is 1. The zero-order valence-corrected chi connectivity index (χ0v) is 19.2. The zero-order chi connectivity index (χ0) is 20.0. The van der Waals surface area contributed by atoms with Gasteiger partial charge in [0.15, 0.2) is 5.78 Å². The molecule has 1 aromatic carbocycles. The van der Waals surface area contributed by atoms with Crippen LogP contribution in [0.2, 0.25) is 0 Å². The molecule has 0 atom stereocenters. The molecule has 0 bridgehead atoms. The summed E-state index contributed by atoms with van der Waals surface area (Å²) in [4.78, 5) is 25.6. The third kappa shape index (κ3) is 6.22. The van der Waals surface area contributed by atoms with Crippen LogP contribution in [-0.4, -0.2) is 24.9 Å². The molecule has 0 aliphatic heterocycles. The number of rotatable bonds is 9. The second-order valence-electron chi connectivity index (χ2n) is 5.57. The maximum absolute atomic E-state index is 12.6. The lowest BCUT2D eigenvalue weighted by Crippen LogP contribution is -2.13. The van der Waals surface area contributed by atoms with Gasteiger partial charge in [0.25, 0.3) is 5.91 Å². The number of carbonyl (C=O) groups is 2. The Hall–Kier alpha value is -1.06. The molecule has 0 unspecified atom stereocenters. The van der Waals surface area contributed by atoms with Crippen LogP contribution in [0.25, 0.3) is 0 Å². The van der Waals surface area contributed by atoms with Gasteiger partial charge in [-0.2, -0.15) is 0 Å². The summed E-state index contributed by atoms with van der Waals surface area (Å²) >= 11 is 3.34. The van der Waals surface area contributed by atoms with Crippen molar-refractivity contribution < 1.29 is 23.2 Å². The Morgan fingerprint density at radius 2 is 1.81 bits per heavy atom. The van der Waals surface area contributed by atoms with E-state index in [0.717, 1.165) is 8.45 Å². The number of nitrogens with one attached hydrogen (secondary N) is 1. The van der Waals surface area contributed by atoms with Crippen molar-refractivity contribution in [1.29, 1.82) is 0 Å². The summed E-state index contributed by atoms with van der Waals surface area (Å²) in [5.74, 6) is -0.442. The van der Waals surface area contributed by atoms with Crippen molar-refractivity contribution >= 4 is 58.9 Å². The van der Waals surface area contributed by atoms with Gasteiger partial charge in [-0.3, -0.25) is 14.2 Å². The van der Waals surface area contributed by atoms with Gasteiger partial charge in [-0.1, -0.05) is 0 Å². The van der Waals surface area contributed by atoms with Gasteiger partial charge in [0.05, 0.1) is 29.9 Å². The fourth-order valence-electron chi connectivity index (χ4n) is 2.40. The summed E-state index contributed by atoms with van der Waals surface area (Å²) in [5, 5.41) is 2.78. The molecule has 0 spiro atoms. The molecule has 1 aromatic heterocycles. The van der Waals surface area contributed by atoms with Gasteiger partial charge in [0, 0.05) is 14.0 Å². The molecule has 0 radical (unpaired) electrons. The van der Waals surface area contributed by atoms with E-state index < -0.39 is 7.60 Å². The normalized spacial score (nSPS) is 11.4. The highest BCUT2D eigenvalue weighted by Gasteiger charge is 2.25. The highest BCUT2D eigenvalue weighted by atomic mass is 127. The van der Waals surface area contributed by atoms with Crippen LogP contribution in [-0.2, 0) is 19.8 Å². The Labute approximate surface area is 176 Å². The number of hydrogen-bond donors (Lipinski definition) is 1. The highest BCUT2D eigenvalue weighted by molar-refractivity contribution is 14.1. The summed E-state index contributed by atoms with van der Waals surface area (Å²) in [7, 11) is -3.22. The van der Waals surface area contributed by atoms with E-state index in [4.69, 9.17) is 9.05 Å². The quantitative estimate of drug-likeness (QED) is 0.265. The van der Waals surface area contributed by atoms with Gasteiger partial charge >= 0.3 is 7.60 Å². The molecule has 146 valence electrons. The third-order valence-corrected chi connectivity index (χ3v) is 7.50. The van der Waals surface area contributed by atoms with Crippen molar-refractivity contribution in [1.82, 2.24) is 0 Å². The number of carbonyl (C=O) groups excluding carboxylic acids is 2. The maximum atomic E-state index is 12.6. The lowest BCUT2D eigenvalue weighted by Gasteiger charge is -2.15. The largest absolute Gasteiger partial charge is 0.335 e. The molecule has 9 heteroatoms. The van der Waals surface area contributed by atoms with Crippen LogP contribution in [0, 0.1) is 3.57 Å². The first-order valence-corrected chi connectivity index (χ1v) is 12.0. The van der Waals surface area contributed by atoms with Crippen LogP contribution in [0.3, 0.4) is 0 Å². The fraction of sp³-hybridized carbons (Fsp3) is 0.333. The topological polar surface area (TPSA) is 81.7 Å². The molecule has 0 aliphatic carbocycles. The number of anilines is 1. The minimum Gasteiger partial charge on any atom is -0.321 e. The first-order chi connectivity index (χ1) is 12.8. The maximum Gasteiger partial charge on any atom is 0.335 e. The SMILES string of the molecule is CCOP(=O)(Cc1ccc(C(=O)Nc2ccc(I)cc2C(C)=O)s1)OCC. The number of hydrogen-bond acceptors (Lipinski definition) is 6. The van der Waals surface area contributed by atoms with Crippen LogP contribution in [0.1, 0.15) is 45.7 Å². The number of Topliss-reactive ketones (excluding diaryl/α,β-unsaturated/α-hetero) is 1. The molecule has 0 fully saturated rings. The van der Waals surface area contributed by atoms with Crippen molar-refractivity contribution in [2.75, 3.05) is 18.5 Å². The lowest BCUT2D eigenvalue weighted by atomic mass is 10.1. The Kier molecular flexibility index (Phi) is 8.18. The molecule has 2 rings (SSSR count). The molecule has 1 N–H and O–H groups in total. The molecule has 0 aliphatic rings. The molecule has 0 saturated heterocycles. The van der Waals surface area contributed by atoms with E-state index in [9.17, 15) is 14.2 Å². The van der Waals surface area contributed by atoms with E-state index >= 15 is 0 Å². The minimum atomic E-state index is -3.22. The van der Waals surface area contributed by atoms with Gasteiger partial charge in [-0.05, 0) is 73.7 Å². The standard InChI is InChI=1S/C18H21INO5PS/c1-4-24-26(23,25-5-2)11-14-7-9-17(27-14)18(22)20-16-8-6-13(19)10-15(16)12(3)21/h6-10H,4-5,11H2,1-3H3,(H,20,22). The van der Waals surface area contributed by atoms with E-state index in [-0.39, 0.29) is 31.1 Å². The number of thiophene rings is 1. The summed E-state index contributed by atoms with van der Waals surface area (Å²) in [6.07, 6.45) is 0.120. The summed E-state index contributed by atoms with van der Waals surface area (Å²) in [5.41, 5.74) is 0.932. The van der Waals surface area contributed by atoms with E-state index in [0.29, 0.717) is 16.1 Å². The molecule has 1 heterocycles. The van der Waals surface area contributed by atoms with Crippen LogP contribution >= 0.6 is 41.5 Å². The lowest BCUT2D eigenvalue weighted by molar-refractivity contribution is 0.101. The van der Waals surface area contributed by atoms with Crippen LogP contribution in [0.5, 0.6) is 0 Å². The van der Waals surface area contributed by atoms with Gasteiger partial charge in [0.1, 0.15) is 0 Å². The van der Waals surface area contributed by atoms with Crippen LogP contribution in [0.15, 0.2) is 30.3 Å². The third-order valence-electron chi connectivity index (χ3n) is 3.50. The second kappa shape index (κ2) is 9.93. The Morgan fingerprint density at radius 3 is 2.41 bits per heavy atom. The first-order valence-electron chi connectivity index (χ1n) is 8.36. The van der Waals surface area contributed by atoms with Crippen molar-refractivity contribution in [3.63, 3.8) is 0 Å². The average molecular weight is 521 g/mol. The average Bonchev–Trinajstić information content (AvgIpc) is 3.04. The number of ketones is 1. The Balaban J connectivity index is 2.16. The first kappa shape index (κ1) is 22.2. The van der Waals surface area contributed by atoms with E-state index in [1.54, 1.807) is 38.1 Å². The van der Waals surface area contributed by atoms with E-state index in [1.807, 2.05) is 6.07 Å². The summed E-state index contributed by atoms with van der Waals surface area (Å²) < 4.78 is 24.1. The van der Waals surface area contributed by atoms with Gasteiger partial charge in [-0.15, -0.1) is 11.3 Å². The van der Waals surface area contributed by atoms with Gasteiger partial charge < -0.3 is 14.4 Å². The second-order valence-corrected chi connectivity index (χ2v) is 10.0. The van der Waals surface area contributed by atoms with Crippen molar-refractivity contribution in [2.45, 2.75) is 26.9 Å². The van der Waals surface area contributed by atoms with Gasteiger partial charge in [0.2, 0.25) is 0 Å². The van der Waals surface area contributed by atoms with Gasteiger partial charge in [-0.25, -0.2) is 0 Å². The van der Waals surface area contributed by atoms with Crippen LogP contribution in [0.4, 0.5) is 5.69 Å². The Morgan fingerprint density at radius 1 is 1.15 bits per heavy atom. The molecule has 6 nitrogen and oxygen atoms in total. The molecule has 0 saturated carbocycles. The summed E-state index contributed by atoms with van der Waals surface area (Å²) in [6.45, 7) is 5.55. The van der Waals surface area contributed by atoms with Crippen molar-refractivity contribution in [3.05, 3.63) is 49.2 Å². The molecular weight excluding hydrogens is 500 g/mol. The molecule has 2 aromatic rings. The van der Waals surface area contributed by atoms with E-state index in [1.165, 1.54) is 18.3 Å². The fourth-order valence-corrected chi connectivity index (χ4v) is 5.85. The minimum absolute atomic E-state index is 0.120. The van der Waals surface area contributed by atoms with Crippen LogP contribution < -0.4 is 5.32 Å². The number of amides is 1. The molecule has 27 heavy (non-hydrogen) atoms. The monoisotopic (exact) mass is 521 g/mol. The zero-order valence-electron chi connectivity index (χ0n) is 15.3. The summed E-state index contributed by atoms with van der Waals surface area (Å²) in [6, 6.07) is 8.67. The molecular formula is C18H21INO5PS.